The number of anilines is 2. The van der Waals surface area contributed by atoms with Gasteiger partial charge in [-0.3, -0.25) is 9.59 Å². The Kier molecular flexibility index (Phi) is 9.81. The fourth-order valence-electron chi connectivity index (χ4n) is 3.80. The number of carbonyl (C=O) groups is 2. The lowest BCUT2D eigenvalue weighted by Gasteiger charge is -2.31. The van der Waals surface area contributed by atoms with Gasteiger partial charge < -0.3 is 20.1 Å². The molecule has 0 spiro atoms. The SMILES string of the molecule is COc1c(NC(=O)c2ccc(C(F)(F)F)cc2)cccc1C(=O)Nc1c(Cl)cc(C(F)(C(F)(F)F)C(F)(F)F)cc1OC(F)F. The number of nitrogens with one attached hydrogen (secondary N) is 2. The molecule has 2 amide bonds. The van der Waals surface area contributed by atoms with E-state index in [0.717, 1.165) is 31.4 Å². The van der Waals surface area contributed by atoms with Gasteiger partial charge in [-0.05, 0) is 48.5 Å². The van der Waals surface area contributed by atoms with E-state index in [0.29, 0.717) is 12.1 Å². The number of carbonyl (C=O) groups excluding carboxylic acids is 2. The van der Waals surface area contributed by atoms with Crippen LogP contribution in [0.3, 0.4) is 0 Å². The zero-order valence-electron chi connectivity index (χ0n) is 21.8. The largest absolute Gasteiger partial charge is 0.494 e. The maximum absolute atomic E-state index is 14.6. The normalized spacial score (nSPS) is 12.6. The van der Waals surface area contributed by atoms with Gasteiger partial charge in [0.1, 0.15) is 5.69 Å². The highest BCUT2D eigenvalue weighted by Gasteiger charge is 2.73. The molecule has 6 nitrogen and oxygen atoms in total. The smallest absolute Gasteiger partial charge is 0.435 e. The highest BCUT2D eigenvalue weighted by molar-refractivity contribution is 6.34. The minimum absolute atomic E-state index is 0.200. The quantitative estimate of drug-likeness (QED) is 0.233. The number of rotatable bonds is 8. The van der Waals surface area contributed by atoms with Crippen LogP contribution in [0.5, 0.6) is 11.5 Å². The van der Waals surface area contributed by atoms with Crippen molar-refractivity contribution < 1.29 is 71.7 Å². The molecule has 0 heterocycles. The maximum Gasteiger partial charge on any atom is 0.435 e. The summed E-state index contributed by atoms with van der Waals surface area (Å²) in [4.78, 5) is 25.7. The number of hydrogen-bond acceptors (Lipinski definition) is 4. The Morgan fingerprint density at radius 2 is 1.36 bits per heavy atom. The summed E-state index contributed by atoms with van der Waals surface area (Å²) < 4.78 is 168. The Morgan fingerprint density at radius 1 is 0.778 bits per heavy atom. The first-order valence-electron chi connectivity index (χ1n) is 11.7. The van der Waals surface area contributed by atoms with E-state index in [1.807, 2.05) is 5.32 Å². The standard InChI is InChI=1S/C26H15ClF12N2O4/c1-44-19-14(3-2-4-16(19)40-20(42)11-5-7-12(8-6-11)24(31,32)33)21(43)41-18-15(27)9-13(10-17(18)45-22(28)29)23(30,25(34,35)36)26(37,38)39/h2-10,22H,1H3,(H,40,42)(H,41,43). The fraction of sp³-hybridized carbons (Fsp3) is 0.231. The van der Waals surface area contributed by atoms with Crippen LogP contribution in [0, 0.1) is 0 Å². The van der Waals surface area contributed by atoms with E-state index in [1.165, 1.54) is 6.07 Å². The summed E-state index contributed by atoms with van der Waals surface area (Å²) >= 11 is 5.74. The first kappa shape index (κ1) is 35.1. The second-order valence-electron chi connectivity index (χ2n) is 8.73. The average molecular weight is 683 g/mol. The van der Waals surface area contributed by atoms with E-state index in [2.05, 4.69) is 10.1 Å². The molecule has 0 aliphatic rings. The Morgan fingerprint density at radius 3 is 1.84 bits per heavy atom. The van der Waals surface area contributed by atoms with Crippen LogP contribution in [0.2, 0.25) is 5.02 Å². The van der Waals surface area contributed by atoms with Gasteiger partial charge in [0, 0.05) is 11.1 Å². The lowest BCUT2D eigenvalue weighted by atomic mass is 9.93. The van der Waals surface area contributed by atoms with E-state index >= 15 is 0 Å². The molecule has 0 saturated carbocycles. The lowest BCUT2D eigenvalue weighted by molar-refractivity contribution is -0.348. The number of para-hydroxylation sites is 1. The molecule has 3 aromatic rings. The molecule has 0 saturated heterocycles. The van der Waals surface area contributed by atoms with Crippen molar-refractivity contribution in [3.05, 3.63) is 81.9 Å². The monoisotopic (exact) mass is 682 g/mol. The van der Waals surface area contributed by atoms with Gasteiger partial charge in [-0.1, -0.05) is 17.7 Å². The Balaban J connectivity index is 2.01. The summed E-state index contributed by atoms with van der Waals surface area (Å²) in [5, 5.41) is 2.84. The molecule has 0 radical (unpaired) electrons. The van der Waals surface area contributed by atoms with Crippen molar-refractivity contribution in [2.75, 3.05) is 17.7 Å². The van der Waals surface area contributed by atoms with Crippen molar-refractivity contribution in [2.45, 2.75) is 30.8 Å². The molecular weight excluding hydrogens is 668 g/mol. The highest BCUT2D eigenvalue weighted by Crippen LogP contribution is 2.55. The number of benzene rings is 3. The molecule has 3 rings (SSSR count). The minimum atomic E-state index is -6.64. The van der Waals surface area contributed by atoms with Gasteiger partial charge >= 0.3 is 30.8 Å². The lowest BCUT2D eigenvalue weighted by Crippen LogP contribution is -2.50. The maximum atomic E-state index is 14.6. The highest BCUT2D eigenvalue weighted by atomic mass is 35.5. The van der Waals surface area contributed by atoms with Crippen LogP contribution in [0.4, 0.5) is 64.1 Å². The van der Waals surface area contributed by atoms with Crippen LogP contribution in [0.1, 0.15) is 31.8 Å². The van der Waals surface area contributed by atoms with Crippen molar-refractivity contribution in [3.8, 4) is 11.5 Å². The summed E-state index contributed by atoms with van der Waals surface area (Å²) in [5.41, 5.74) is -11.6. The second kappa shape index (κ2) is 12.6. The molecular formula is C26H15ClF12N2O4. The van der Waals surface area contributed by atoms with Crippen molar-refractivity contribution in [3.63, 3.8) is 0 Å². The molecule has 0 bridgehead atoms. The van der Waals surface area contributed by atoms with Gasteiger partial charge in [0.05, 0.1) is 28.9 Å². The molecule has 45 heavy (non-hydrogen) atoms. The predicted octanol–water partition coefficient (Wildman–Crippen LogP) is 8.76. The van der Waals surface area contributed by atoms with E-state index in [1.54, 1.807) is 0 Å². The number of hydrogen-bond donors (Lipinski definition) is 2. The molecule has 19 heteroatoms. The fourth-order valence-corrected chi connectivity index (χ4v) is 4.06. The van der Waals surface area contributed by atoms with E-state index in [-0.39, 0.29) is 23.4 Å². The third kappa shape index (κ3) is 7.32. The molecule has 0 aromatic heterocycles. The van der Waals surface area contributed by atoms with Gasteiger partial charge in [-0.2, -0.15) is 48.3 Å². The molecule has 2 N–H and O–H groups in total. The Bertz CT molecular complexity index is 1560. The van der Waals surface area contributed by atoms with Gasteiger partial charge in [-0.25, -0.2) is 4.39 Å². The third-order valence-corrected chi connectivity index (χ3v) is 6.17. The van der Waals surface area contributed by atoms with Crippen molar-refractivity contribution >= 4 is 34.8 Å². The van der Waals surface area contributed by atoms with Crippen molar-refractivity contribution in [1.82, 2.24) is 0 Å². The van der Waals surface area contributed by atoms with Crippen molar-refractivity contribution in [1.29, 1.82) is 0 Å². The van der Waals surface area contributed by atoms with Crippen molar-refractivity contribution in [2.24, 2.45) is 0 Å². The number of amides is 2. The predicted molar refractivity (Wildman–Crippen MR) is 133 cm³/mol. The molecule has 244 valence electrons. The Labute approximate surface area is 248 Å². The first-order valence-corrected chi connectivity index (χ1v) is 12.1. The summed E-state index contributed by atoms with van der Waals surface area (Å²) in [6.07, 6.45) is -18.0. The van der Waals surface area contributed by atoms with Gasteiger partial charge in [-0.15, -0.1) is 0 Å². The number of alkyl halides is 12. The summed E-state index contributed by atoms with van der Waals surface area (Å²) in [5.74, 6) is -4.36. The minimum Gasteiger partial charge on any atom is -0.494 e. The summed E-state index contributed by atoms with van der Waals surface area (Å²) in [7, 11) is 0.988. The zero-order valence-corrected chi connectivity index (χ0v) is 22.6. The van der Waals surface area contributed by atoms with Gasteiger partial charge in [0.15, 0.2) is 11.5 Å². The molecule has 0 aliphatic carbocycles. The Hall–Kier alpha value is -4.35. The third-order valence-electron chi connectivity index (χ3n) is 5.87. The molecule has 0 aliphatic heterocycles. The molecule has 0 unspecified atom stereocenters. The number of halogens is 13. The molecule has 0 fully saturated rings. The zero-order chi connectivity index (χ0) is 34.1. The van der Waals surface area contributed by atoms with Gasteiger partial charge in [0.25, 0.3) is 11.8 Å². The summed E-state index contributed by atoms with van der Waals surface area (Å²) in [6, 6.07) is 5.69. The number of ether oxygens (including phenoxy) is 2. The number of methoxy groups -OCH3 is 1. The van der Waals surface area contributed by atoms with Crippen LogP contribution in [-0.4, -0.2) is 37.9 Å². The topological polar surface area (TPSA) is 76.7 Å². The van der Waals surface area contributed by atoms with Crippen LogP contribution < -0.4 is 20.1 Å². The van der Waals surface area contributed by atoms with Crippen LogP contribution in [0.25, 0.3) is 0 Å². The van der Waals surface area contributed by atoms with E-state index in [4.69, 9.17) is 16.3 Å². The van der Waals surface area contributed by atoms with Crippen LogP contribution in [0.15, 0.2) is 54.6 Å². The molecule has 3 aromatic carbocycles. The van der Waals surface area contributed by atoms with Gasteiger partial charge in [0.2, 0.25) is 0 Å². The first-order chi connectivity index (χ1) is 20.6. The molecule has 0 atom stereocenters. The van der Waals surface area contributed by atoms with Crippen LogP contribution >= 0.6 is 11.6 Å². The van der Waals surface area contributed by atoms with E-state index < -0.39 is 81.5 Å². The van der Waals surface area contributed by atoms with E-state index in [9.17, 15) is 62.3 Å². The summed E-state index contributed by atoms with van der Waals surface area (Å²) in [6.45, 7) is -3.91. The second-order valence-corrected chi connectivity index (χ2v) is 9.14. The average Bonchev–Trinajstić information content (AvgIpc) is 2.92. The van der Waals surface area contributed by atoms with Crippen LogP contribution in [-0.2, 0) is 11.8 Å².